The van der Waals surface area contributed by atoms with Crippen molar-refractivity contribution in [2.24, 2.45) is 0 Å². The highest BCUT2D eigenvalue weighted by molar-refractivity contribution is 6.32. The van der Waals surface area contributed by atoms with Crippen LogP contribution in [0.5, 0.6) is 0 Å². The van der Waals surface area contributed by atoms with Crippen molar-refractivity contribution >= 4 is 51.4 Å². The van der Waals surface area contributed by atoms with Gasteiger partial charge in [0.25, 0.3) is 5.91 Å². The van der Waals surface area contributed by atoms with Gasteiger partial charge in [-0.25, -0.2) is 0 Å². The number of rotatable bonds is 2. The third-order valence-electron chi connectivity index (χ3n) is 5.19. The fourth-order valence-electron chi connectivity index (χ4n) is 3.79. The highest BCUT2D eigenvalue weighted by Gasteiger charge is 2.34. The molecule has 4 aromatic carbocycles. The van der Waals surface area contributed by atoms with Crippen molar-refractivity contribution in [3.63, 3.8) is 0 Å². The second-order valence-electron chi connectivity index (χ2n) is 7.03. The molecule has 0 bridgehead atoms. The molecule has 0 fully saturated rings. The molecule has 1 aliphatic heterocycles. The summed E-state index contributed by atoms with van der Waals surface area (Å²) in [6.45, 7) is 0. The molecule has 0 unspecified atom stereocenters. The molecule has 1 aliphatic rings. The van der Waals surface area contributed by atoms with E-state index in [0.29, 0.717) is 22.0 Å². The van der Waals surface area contributed by atoms with Crippen LogP contribution in [0.15, 0.2) is 84.9 Å². The lowest BCUT2D eigenvalue weighted by Crippen LogP contribution is -2.23. The van der Waals surface area contributed by atoms with Gasteiger partial charge in [0.1, 0.15) is 0 Å². The SMILES string of the molecule is Nc1ccc(Cl)cc1N1C(=O)c2ccccc2/C1=C/c1ccc2ccccc2c1. The monoisotopic (exact) mass is 396 g/mol. The number of hydrogen-bond acceptors (Lipinski definition) is 2. The maximum atomic E-state index is 13.3. The van der Waals surface area contributed by atoms with E-state index in [1.807, 2.05) is 42.5 Å². The average Bonchev–Trinajstić information content (AvgIpc) is 3.02. The predicted molar refractivity (Wildman–Crippen MR) is 121 cm³/mol. The van der Waals surface area contributed by atoms with E-state index in [0.717, 1.165) is 22.2 Å². The molecule has 0 spiro atoms. The van der Waals surface area contributed by atoms with Crippen LogP contribution in [0.4, 0.5) is 11.4 Å². The molecular formula is C25H17ClN2O. The van der Waals surface area contributed by atoms with E-state index in [1.165, 1.54) is 5.39 Å². The molecule has 29 heavy (non-hydrogen) atoms. The average molecular weight is 397 g/mol. The Hall–Kier alpha value is -3.56. The molecule has 140 valence electrons. The maximum Gasteiger partial charge on any atom is 0.263 e. The van der Waals surface area contributed by atoms with Crippen molar-refractivity contribution in [2.45, 2.75) is 0 Å². The topological polar surface area (TPSA) is 46.3 Å². The largest absolute Gasteiger partial charge is 0.397 e. The lowest BCUT2D eigenvalue weighted by Gasteiger charge is -2.21. The van der Waals surface area contributed by atoms with Gasteiger partial charge in [-0.1, -0.05) is 66.2 Å². The highest BCUT2D eigenvalue weighted by Crippen LogP contribution is 2.41. The molecule has 5 rings (SSSR count). The van der Waals surface area contributed by atoms with Crippen LogP contribution in [-0.4, -0.2) is 5.91 Å². The third-order valence-corrected chi connectivity index (χ3v) is 5.42. The molecule has 1 amide bonds. The zero-order valence-electron chi connectivity index (χ0n) is 15.5. The summed E-state index contributed by atoms with van der Waals surface area (Å²) in [4.78, 5) is 14.9. The number of halogens is 1. The molecule has 4 heteroatoms. The van der Waals surface area contributed by atoms with E-state index in [2.05, 4.69) is 30.3 Å². The smallest absolute Gasteiger partial charge is 0.263 e. The van der Waals surface area contributed by atoms with Gasteiger partial charge < -0.3 is 5.73 Å². The summed E-state index contributed by atoms with van der Waals surface area (Å²) in [5, 5.41) is 2.85. The summed E-state index contributed by atoms with van der Waals surface area (Å²) in [6, 6.07) is 27.3. The lowest BCUT2D eigenvalue weighted by atomic mass is 10.0. The third kappa shape index (κ3) is 2.96. The van der Waals surface area contributed by atoms with E-state index in [-0.39, 0.29) is 5.91 Å². The summed E-state index contributed by atoms with van der Waals surface area (Å²) in [5.41, 5.74) is 10.6. The summed E-state index contributed by atoms with van der Waals surface area (Å²) in [6.07, 6.45) is 2.02. The molecular weight excluding hydrogens is 380 g/mol. The van der Waals surface area contributed by atoms with Gasteiger partial charge in [-0.3, -0.25) is 9.69 Å². The summed E-state index contributed by atoms with van der Waals surface area (Å²) >= 11 is 6.21. The zero-order chi connectivity index (χ0) is 20.0. The molecule has 0 aliphatic carbocycles. The second kappa shape index (κ2) is 6.80. The molecule has 1 heterocycles. The second-order valence-corrected chi connectivity index (χ2v) is 7.46. The Morgan fingerprint density at radius 1 is 0.793 bits per heavy atom. The molecule has 0 atom stereocenters. The normalized spacial score (nSPS) is 14.6. The van der Waals surface area contributed by atoms with E-state index >= 15 is 0 Å². The molecule has 0 saturated heterocycles. The van der Waals surface area contributed by atoms with Crippen LogP contribution in [-0.2, 0) is 0 Å². The molecule has 2 N–H and O–H groups in total. The number of hydrogen-bond donors (Lipinski definition) is 1. The van der Waals surface area contributed by atoms with Crippen molar-refractivity contribution in [3.05, 3.63) is 107 Å². The fraction of sp³-hybridized carbons (Fsp3) is 0. The van der Waals surface area contributed by atoms with Crippen LogP contribution < -0.4 is 10.6 Å². The standard InChI is InChI=1S/C25H17ClN2O/c26-19-11-12-22(27)24(15-19)28-23(20-7-3-4-8-21(20)25(28)29)14-16-9-10-17-5-1-2-6-18(17)13-16/h1-15H,27H2/b23-14-. The number of nitrogens with zero attached hydrogens (tertiary/aromatic N) is 1. The molecule has 0 saturated carbocycles. The Morgan fingerprint density at radius 2 is 1.52 bits per heavy atom. The molecule has 3 nitrogen and oxygen atoms in total. The number of carbonyl (C=O) groups is 1. The number of nitrogen functional groups attached to an aromatic ring is 1. The first kappa shape index (κ1) is 17.5. The van der Waals surface area contributed by atoms with Crippen molar-refractivity contribution in [1.82, 2.24) is 0 Å². The number of carbonyl (C=O) groups excluding carboxylic acids is 1. The van der Waals surface area contributed by atoms with Crippen LogP contribution in [0, 0.1) is 0 Å². The first-order valence-corrected chi connectivity index (χ1v) is 9.69. The van der Waals surface area contributed by atoms with E-state index in [1.54, 1.807) is 23.1 Å². The molecule has 0 aromatic heterocycles. The van der Waals surface area contributed by atoms with Gasteiger partial charge in [0.2, 0.25) is 0 Å². The van der Waals surface area contributed by atoms with Crippen LogP contribution >= 0.6 is 11.6 Å². The number of benzene rings is 4. The van der Waals surface area contributed by atoms with Crippen molar-refractivity contribution in [3.8, 4) is 0 Å². The van der Waals surface area contributed by atoms with Gasteiger partial charge in [-0.2, -0.15) is 0 Å². The van der Waals surface area contributed by atoms with E-state index in [4.69, 9.17) is 17.3 Å². The summed E-state index contributed by atoms with van der Waals surface area (Å²) in [5.74, 6) is -0.110. The fourth-order valence-corrected chi connectivity index (χ4v) is 3.96. The number of nitrogens with two attached hydrogens (primary N) is 1. The Labute approximate surface area is 173 Å². The van der Waals surface area contributed by atoms with Crippen molar-refractivity contribution in [1.29, 1.82) is 0 Å². The minimum atomic E-state index is -0.110. The number of fused-ring (bicyclic) bond motifs is 2. The zero-order valence-corrected chi connectivity index (χ0v) is 16.2. The maximum absolute atomic E-state index is 13.3. The van der Waals surface area contributed by atoms with Crippen LogP contribution in [0.2, 0.25) is 5.02 Å². The van der Waals surface area contributed by atoms with Gasteiger partial charge >= 0.3 is 0 Å². The van der Waals surface area contributed by atoms with Crippen molar-refractivity contribution < 1.29 is 4.79 Å². The Balaban J connectivity index is 1.72. The molecule has 0 radical (unpaired) electrons. The molecule has 4 aromatic rings. The Morgan fingerprint density at radius 3 is 2.34 bits per heavy atom. The first-order chi connectivity index (χ1) is 14.1. The highest BCUT2D eigenvalue weighted by atomic mass is 35.5. The minimum Gasteiger partial charge on any atom is -0.397 e. The van der Waals surface area contributed by atoms with E-state index < -0.39 is 0 Å². The van der Waals surface area contributed by atoms with Crippen LogP contribution in [0.1, 0.15) is 21.5 Å². The van der Waals surface area contributed by atoms with E-state index in [9.17, 15) is 4.79 Å². The van der Waals surface area contributed by atoms with Gasteiger partial charge in [0.05, 0.1) is 17.1 Å². The van der Waals surface area contributed by atoms with Gasteiger partial charge in [-0.15, -0.1) is 0 Å². The number of amides is 1. The minimum absolute atomic E-state index is 0.110. The predicted octanol–water partition coefficient (Wildman–Crippen LogP) is 6.23. The number of anilines is 2. The van der Waals surface area contributed by atoms with Crippen LogP contribution in [0.3, 0.4) is 0 Å². The van der Waals surface area contributed by atoms with Crippen LogP contribution in [0.25, 0.3) is 22.5 Å². The van der Waals surface area contributed by atoms with Gasteiger partial charge in [0.15, 0.2) is 0 Å². The lowest BCUT2D eigenvalue weighted by molar-refractivity contribution is 0.101. The summed E-state index contributed by atoms with van der Waals surface area (Å²) in [7, 11) is 0. The van der Waals surface area contributed by atoms with Crippen molar-refractivity contribution in [2.75, 3.05) is 10.6 Å². The van der Waals surface area contributed by atoms with Gasteiger partial charge in [0, 0.05) is 16.1 Å². The summed E-state index contributed by atoms with van der Waals surface area (Å²) < 4.78 is 0. The Kier molecular flexibility index (Phi) is 4.11. The Bertz CT molecular complexity index is 1310. The van der Waals surface area contributed by atoms with Gasteiger partial charge in [-0.05, 0) is 52.7 Å². The first-order valence-electron chi connectivity index (χ1n) is 9.31. The quantitative estimate of drug-likeness (QED) is 0.408.